The fraction of sp³-hybridized carbons (Fsp3) is 0.545. The molecule has 1 fully saturated rings. The summed E-state index contributed by atoms with van der Waals surface area (Å²) in [4.78, 5) is 6.89. The molecule has 2 rings (SSSR count). The van der Waals surface area contributed by atoms with E-state index in [1.807, 2.05) is 12.1 Å². The molecule has 1 aliphatic heterocycles. The maximum atomic E-state index is 4.49. The van der Waals surface area contributed by atoms with Crippen LogP contribution >= 0.6 is 15.9 Å². The van der Waals surface area contributed by atoms with E-state index in [0.29, 0.717) is 6.04 Å². The maximum absolute atomic E-state index is 4.49. The van der Waals surface area contributed by atoms with Crippen LogP contribution in [0.3, 0.4) is 0 Å². The van der Waals surface area contributed by atoms with Crippen molar-refractivity contribution in [3.63, 3.8) is 0 Å². The quantitative estimate of drug-likeness (QED) is 0.716. The SMILES string of the molecule is CC1CCCCN1c1cccc(Br)n1. The number of anilines is 1. The smallest absolute Gasteiger partial charge is 0.130 e. The van der Waals surface area contributed by atoms with Crippen LogP contribution in [0.5, 0.6) is 0 Å². The molecule has 1 aromatic rings. The Kier molecular flexibility index (Phi) is 3.06. The number of hydrogen-bond donors (Lipinski definition) is 0. The predicted molar refractivity (Wildman–Crippen MR) is 62.6 cm³/mol. The van der Waals surface area contributed by atoms with Gasteiger partial charge in [-0.05, 0) is 54.2 Å². The van der Waals surface area contributed by atoms with Gasteiger partial charge in [-0.25, -0.2) is 4.98 Å². The van der Waals surface area contributed by atoms with Gasteiger partial charge in [-0.3, -0.25) is 0 Å². The fourth-order valence-corrected chi connectivity index (χ4v) is 2.33. The molecule has 1 aliphatic rings. The third kappa shape index (κ3) is 2.08. The summed E-state index contributed by atoms with van der Waals surface area (Å²) in [6.07, 6.45) is 3.93. The molecule has 0 amide bonds. The highest BCUT2D eigenvalue weighted by Gasteiger charge is 2.19. The number of halogens is 1. The van der Waals surface area contributed by atoms with Crippen LogP contribution in [-0.2, 0) is 0 Å². The fourth-order valence-electron chi connectivity index (χ4n) is 2.00. The summed E-state index contributed by atoms with van der Waals surface area (Å²) < 4.78 is 0.924. The van der Waals surface area contributed by atoms with Gasteiger partial charge in [-0.1, -0.05) is 6.07 Å². The normalized spacial score (nSPS) is 22.4. The third-order valence-electron chi connectivity index (χ3n) is 2.80. The maximum Gasteiger partial charge on any atom is 0.130 e. The lowest BCUT2D eigenvalue weighted by Crippen LogP contribution is -2.37. The number of piperidine rings is 1. The molecule has 1 unspecified atom stereocenters. The second kappa shape index (κ2) is 4.30. The Hall–Kier alpha value is -0.570. The van der Waals surface area contributed by atoms with Crippen molar-refractivity contribution in [2.24, 2.45) is 0 Å². The molecule has 76 valence electrons. The number of rotatable bonds is 1. The summed E-state index contributed by atoms with van der Waals surface area (Å²) in [6, 6.07) is 6.74. The minimum atomic E-state index is 0.630. The van der Waals surface area contributed by atoms with Crippen molar-refractivity contribution in [1.29, 1.82) is 0 Å². The molecule has 0 aliphatic carbocycles. The minimum absolute atomic E-state index is 0.630. The molecule has 0 radical (unpaired) electrons. The highest BCUT2D eigenvalue weighted by atomic mass is 79.9. The molecule has 2 nitrogen and oxygen atoms in total. The molecule has 2 heterocycles. The van der Waals surface area contributed by atoms with E-state index in [2.05, 4.69) is 38.8 Å². The Labute approximate surface area is 93.5 Å². The van der Waals surface area contributed by atoms with Crippen LogP contribution in [0, 0.1) is 0 Å². The summed E-state index contributed by atoms with van der Waals surface area (Å²) in [6.45, 7) is 3.42. The molecule has 1 saturated heterocycles. The van der Waals surface area contributed by atoms with Crippen LogP contribution < -0.4 is 4.90 Å². The molecule has 0 saturated carbocycles. The van der Waals surface area contributed by atoms with Crippen molar-refractivity contribution in [2.45, 2.75) is 32.2 Å². The summed E-state index contributed by atoms with van der Waals surface area (Å²) in [5, 5.41) is 0. The van der Waals surface area contributed by atoms with Crippen molar-refractivity contribution in [3.8, 4) is 0 Å². The minimum Gasteiger partial charge on any atom is -0.354 e. The lowest BCUT2D eigenvalue weighted by molar-refractivity contribution is 0.481. The Morgan fingerprint density at radius 3 is 3.00 bits per heavy atom. The summed E-state index contributed by atoms with van der Waals surface area (Å²) in [5.74, 6) is 1.10. The van der Waals surface area contributed by atoms with Gasteiger partial charge in [0.2, 0.25) is 0 Å². The first-order valence-electron chi connectivity index (χ1n) is 5.16. The number of pyridine rings is 1. The molecule has 3 heteroatoms. The van der Waals surface area contributed by atoms with Crippen LogP contribution in [0.1, 0.15) is 26.2 Å². The third-order valence-corrected chi connectivity index (χ3v) is 3.24. The molecular formula is C11H15BrN2. The first-order valence-corrected chi connectivity index (χ1v) is 5.96. The van der Waals surface area contributed by atoms with E-state index in [-0.39, 0.29) is 0 Å². The zero-order chi connectivity index (χ0) is 9.97. The van der Waals surface area contributed by atoms with Crippen LogP contribution in [0.15, 0.2) is 22.8 Å². The van der Waals surface area contributed by atoms with Gasteiger partial charge in [-0.2, -0.15) is 0 Å². The monoisotopic (exact) mass is 254 g/mol. The Morgan fingerprint density at radius 1 is 1.43 bits per heavy atom. The topological polar surface area (TPSA) is 16.1 Å². The highest BCUT2D eigenvalue weighted by molar-refractivity contribution is 9.10. The van der Waals surface area contributed by atoms with Crippen LogP contribution in [0.4, 0.5) is 5.82 Å². The van der Waals surface area contributed by atoms with E-state index in [0.717, 1.165) is 17.0 Å². The van der Waals surface area contributed by atoms with Gasteiger partial charge in [0, 0.05) is 12.6 Å². The summed E-state index contributed by atoms with van der Waals surface area (Å²) >= 11 is 3.41. The molecule has 0 spiro atoms. The zero-order valence-electron chi connectivity index (χ0n) is 8.41. The highest BCUT2D eigenvalue weighted by Crippen LogP contribution is 2.23. The van der Waals surface area contributed by atoms with Gasteiger partial charge < -0.3 is 4.90 Å². The van der Waals surface area contributed by atoms with Crippen LogP contribution in [0.25, 0.3) is 0 Å². The van der Waals surface area contributed by atoms with E-state index >= 15 is 0 Å². The van der Waals surface area contributed by atoms with Gasteiger partial charge in [0.05, 0.1) is 0 Å². The van der Waals surface area contributed by atoms with Gasteiger partial charge >= 0.3 is 0 Å². The van der Waals surface area contributed by atoms with E-state index in [1.165, 1.54) is 19.3 Å². The molecule has 0 N–H and O–H groups in total. The van der Waals surface area contributed by atoms with Crippen molar-refractivity contribution >= 4 is 21.7 Å². The Bertz CT molecular complexity index is 314. The van der Waals surface area contributed by atoms with Crippen molar-refractivity contribution in [3.05, 3.63) is 22.8 Å². The molecule has 14 heavy (non-hydrogen) atoms. The molecule has 1 aromatic heterocycles. The van der Waals surface area contributed by atoms with E-state index in [1.54, 1.807) is 0 Å². The van der Waals surface area contributed by atoms with Crippen molar-refractivity contribution < 1.29 is 0 Å². The average Bonchev–Trinajstić information content (AvgIpc) is 2.18. The summed E-state index contributed by atoms with van der Waals surface area (Å²) in [7, 11) is 0. The van der Waals surface area contributed by atoms with Gasteiger partial charge in [-0.15, -0.1) is 0 Å². The lowest BCUT2D eigenvalue weighted by Gasteiger charge is -2.34. The Morgan fingerprint density at radius 2 is 2.29 bits per heavy atom. The number of hydrogen-bond acceptors (Lipinski definition) is 2. The molecule has 0 bridgehead atoms. The summed E-state index contributed by atoms with van der Waals surface area (Å²) in [5.41, 5.74) is 0. The number of nitrogens with zero attached hydrogens (tertiary/aromatic N) is 2. The molecule has 0 aromatic carbocycles. The largest absolute Gasteiger partial charge is 0.354 e. The molecule has 1 atom stereocenters. The first kappa shape index (κ1) is 9.97. The lowest BCUT2D eigenvalue weighted by atomic mass is 10.0. The van der Waals surface area contributed by atoms with Gasteiger partial charge in [0.25, 0.3) is 0 Å². The van der Waals surface area contributed by atoms with Gasteiger partial charge in [0.15, 0.2) is 0 Å². The zero-order valence-corrected chi connectivity index (χ0v) is 10.00. The van der Waals surface area contributed by atoms with E-state index in [4.69, 9.17) is 0 Å². The van der Waals surface area contributed by atoms with Gasteiger partial charge in [0.1, 0.15) is 10.4 Å². The molecular weight excluding hydrogens is 240 g/mol. The average molecular weight is 255 g/mol. The number of aromatic nitrogens is 1. The second-order valence-electron chi connectivity index (χ2n) is 3.86. The van der Waals surface area contributed by atoms with Crippen LogP contribution in [-0.4, -0.2) is 17.6 Å². The Balaban J connectivity index is 2.20. The van der Waals surface area contributed by atoms with E-state index in [9.17, 15) is 0 Å². The predicted octanol–water partition coefficient (Wildman–Crippen LogP) is 3.22. The van der Waals surface area contributed by atoms with E-state index < -0.39 is 0 Å². The second-order valence-corrected chi connectivity index (χ2v) is 4.67. The van der Waals surface area contributed by atoms with Crippen molar-refractivity contribution in [1.82, 2.24) is 4.98 Å². The first-order chi connectivity index (χ1) is 6.77. The van der Waals surface area contributed by atoms with Crippen LogP contribution in [0.2, 0.25) is 0 Å². The van der Waals surface area contributed by atoms with Crippen molar-refractivity contribution in [2.75, 3.05) is 11.4 Å². The standard InChI is InChI=1S/C11H15BrN2/c1-9-5-2-3-8-14(9)11-7-4-6-10(12)13-11/h4,6-7,9H,2-3,5,8H2,1H3.